The molecule has 5 heteroatoms. The Balaban J connectivity index is 2.36. The van der Waals surface area contributed by atoms with Crippen molar-refractivity contribution in [3.63, 3.8) is 0 Å². The van der Waals surface area contributed by atoms with Crippen molar-refractivity contribution >= 4 is 28.3 Å². The molecule has 3 rings (SSSR count). The lowest BCUT2D eigenvalue weighted by Gasteiger charge is -2.13. The first-order chi connectivity index (χ1) is 10.1. The number of nitrogens with two attached hydrogens (primary N) is 1. The van der Waals surface area contributed by atoms with E-state index in [1.165, 1.54) is 0 Å². The number of imidazole rings is 1. The zero-order valence-electron chi connectivity index (χ0n) is 11.9. The van der Waals surface area contributed by atoms with Crippen molar-refractivity contribution in [2.75, 3.05) is 12.8 Å². The van der Waals surface area contributed by atoms with Gasteiger partial charge < -0.3 is 10.5 Å². The minimum Gasteiger partial charge on any atom is -0.495 e. The fourth-order valence-corrected chi connectivity index (χ4v) is 2.66. The van der Waals surface area contributed by atoms with Crippen LogP contribution in [0.1, 0.15) is 12.7 Å². The minimum absolute atomic E-state index is 0.658. The monoisotopic (exact) mass is 301 g/mol. The molecule has 0 atom stereocenters. The molecule has 108 valence electrons. The number of benzene rings is 2. The first-order valence-electron chi connectivity index (χ1n) is 6.74. The number of rotatable bonds is 3. The predicted molar refractivity (Wildman–Crippen MR) is 86.4 cm³/mol. The minimum atomic E-state index is 0.658. The molecule has 0 radical (unpaired) electrons. The maximum atomic E-state index is 6.15. The van der Waals surface area contributed by atoms with E-state index >= 15 is 0 Å². The van der Waals surface area contributed by atoms with Gasteiger partial charge in [-0.15, -0.1) is 0 Å². The third kappa shape index (κ3) is 2.32. The van der Waals surface area contributed by atoms with E-state index in [2.05, 4.69) is 16.5 Å². The van der Waals surface area contributed by atoms with Gasteiger partial charge in [-0.2, -0.15) is 0 Å². The van der Waals surface area contributed by atoms with E-state index in [9.17, 15) is 0 Å². The number of hydrogen-bond acceptors (Lipinski definition) is 3. The highest BCUT2D eigenvalue weighted by Gasteiger charge is 2.15. The second kappa shape index (κ2) is 5.30. The quantitative estimate of drug-likeness (QED) is 0.748. The normalized spacial score (nSPS) is 11.0. The molecule has 0 aliphatic rings. The number of methoxy groups -OCH3 is 1. The number of nitrogens with zero attached hydrogens (tertiary/aromatic N) is 2. The van der Waals surface area contributed by atoms with Crippen LogP contribution in [0.2, 0.25) is 5.02 Å². The van der Waals surface area contributed by atoms with Gasteiger partial charge in [-0.05, 0) is 36.4 Å². The lowest BCUT2D eigenvalue weighted by Crippen LogP contribution is -2.02. The first-order valence-corrected chi connectivity index (χ1v) is 7.12. The zero-order chi connectivity index (χ0) is 15.0. The molecule has 1 aromatic heterocycles. The van der Waals surface area contributed by atoms with E-state index in [-0.39, 0.29) is 0 Å². The van der Waals surface area contributed by atoms with Crippen LogP contribution in [0, 0.1) is 0 Å². The first kappa shape index (κ1) is 13.8. The predicted octanol–water partition coefficient (Wildman–Crippen LogP) is 3.83. The summed E-state index contributed by atoms with van der Waals surface area (Å²) in [4.78, 5) is 4.66. The smallest absolute Gasteiger partial charge is 0.143 e. The van der Waals surface area contributed by atoms with E-state index in [1.54, 1.807) is 7.11 Å². The lowest BCUT2D eigenvalue weighted by molar-refractivity contribution is 0.413. The number of hydrogen-bond donors (Lipinski definition) is 1. The molecule has 0 bridgehead atoms. The largest absolute Gasteiger partial charge is 0.495 e. The molecule has 0 amide bonds. The van der Waals surface area contributed by atoms with E-state index in [0.29, 0.717) is 10.7 Å². The van der Waals surface area contributed by atoms with Crippen molar-refractivity contribution in [2.45, 2.75) is 13.3 Å². The van der Waals surface area contributed by atoms with Crippen LogP contribution in [0.15, 0.2) is 36.4 Å². The lowest BCUT2D eigenvalue weighted by atomic mass is 10.2. The SMILES string of the molecule is CCc1nc2cc(N)ccc2n1-c1cc(Cl)ccc1OC. The third-order valence-electron chi connectivity index (χ3n) is 3.45. The van der Waals surface area contributed by atoms with Crippen molar-refractivity contribution in [2.24, 2.45) is 0 Å². The summed E-state index contributed by atoms with van der Waals surface area (Å²) in [5.41, 5.74) is 9.29. The Bertz CT molecular complexity index is 811. The van der Waals surface area contributed by atoms with E-state index in [4.69, 9.17) is 22.1 Å². The Kier molecular flexibility index (Phi) is 3.47. The number of nitrogen functional groups attached to an aromatic ring is 1. The molecule has 4 nitrogen and oxygen atoms in total. The Labute approximate surface area is 128 Å². The third-order valence-corrected chi connectivity index (χ3v) is 3.68. The molecule has 2 N–H and O–H groups in total. The number of ether oxygens (including phenoxy) is 1. The van der Waals surface area contributed by atoms with Gasteiger partial charge in [0.05, 0.1) is 23.8 Å². The molecule has 21 heavy (non-hydrogen) atoms. The molecule has 0 saturated carbocycles. The number of aryl methyl sites for hydroxylation is 1. The molecule has 0 unspecified atom stereocenters. The number of halogens is 1. The summed E-state index contributed by atoms with van der Waals surface area (Å²) in [5.74, 6) is 1.70. The Morgan fingerprint density at radius 3 is 2.76 bits per heavy atom. The standard InChI is InChI=1S/C16H16ClN3O/c1-3-16-19-12-9-11(18)5-6-13(12)20(16)14-8-10(17)4-7-15(14)21-2/h4-9H,3,18H2,1-2H3. The number of fused-ring (bicyclic) bond motifs is 1. The van der Waals surface area contributed by atoms with Gasteiger partial charge >= 0.3 is 0 Å². The van der Waals surface area contributed by atoms with Gasteiger partial charge in [0.1, 0.15) is 11.6 Å². The van der Waals surface area contributed by atoms with Gasteiger partial charge in [0.2, 0.25) is 0 Å². The molecule has 2 aromatic carbocycles. The molecule has 0 saturated heterocycles. The summed E-state index contributed by atoms with van der Waals surface area (Å²) >= 11 is 6.15. The second-order valence-electron chi connectivity index (χ2n) is 4.78. The summed E-state index contributed by atoms with van der Waals surface area (Å²) in [6.07, 6.45) is 0.796. The van der Waals surface area contributed by atoms with Crippen LogP contribution < -0.4 is 10.5 Å². The van der Waals surface area contributed by atoms with Gasteiger partial charge in [-0.25, -0.2) is 4.98 Å². The molecular weight excluding hydrogens is 286 g/mol. The molecule has 0 spiro atoms. The summed E-state index contributed by atoms with van der Waals surface area (Å²) < 4.78 is 7.53. The summed E-state index contributed by atoms with van der Waals surface area (Å²) in [5, 5.41) is 0.658. The average molecular weight is 302 g/mol. The number of anilines is 1. The fourth-order valence-electron chi connectivity index (χ4n) is 2.49. The van der Waals surface area contributed by atoms with Crippen LogP contribution in [-0.4, -0.2) is 16.7 Å². The summed E-state index contributed by atoms with van der Waals surface area (Å²) in [6.45, 7) is 2.07. The Morgan fingerprint density at radius 1 is 1.24 bits per heavy atom. The zero-order valence-corrected chi connectivity index (χ0v) is 12.7. The van der Waals surface area contributed by atoms with E-state index in [0.717, 1.165) is 34.7 Å². The van der Waals surface area contributed by atoms with Crippen molar-refractivity contribution in [1.82, 2.24) is 9.55 Å². The molecule has 0 aliphatic heterocycles. The van der Waals surface area contributed by atoms with Crippen molar-refractivity contribution in [3.05, 3.63) is 47.2 Å². The molecule has 1 heterocycles. The maximum absolute atomic E-state index is 6.15. The van der Waals surface area contributed by atoms with Crippen LogP contribution in [0.5, 0.6) is 5.75 Å². The molecular formula is C16H16ClN3O. The highest BCUT2D eigenvalue weighted by atomic mass is 35.5. The van der Waals surface area contributed by atoms with Crippen LogP contribution >= 0.6 is 11.6 Å². The van der Waals surface area contributed by atoms with Gasteiger partial charge in [-0.1, -0.05) is 18.5 Å². The molecule has 3 aromatic rings. The second-order valence-corrected chi connectivity index (χ2v) is 5.22. The van der Waals surface area contributed by atoms with Crippen LogP contribution in [0.25, 0.3) is 16.7 Å². The van der Waals surface area contributed by atoms with Gasteiger partial charge in [0.15, 0.2) is 0 Å². The fraction of sp³-hybridized carbons (Fsp3) is 0.188. The Morgan fingerprint density at radius 2 is 2.05 bits per heavy atom. The van der Waals surface area contributed by atoms with E-state index in [1.807, 2.05) is 36.4 Å². The summed E-state index contributed by atoms with van der Waals surface area (Å²) in [6, 6.07) is 11.3. The summed E-state index contributed by atoms with van der Waals surface area (Å²) in [7, 11) is 1.65. The van der Waals surface area contributed by atoms with E-state index < -0.39 is 0 Å². The van der Waals surface area contributed by atoms with Gasteiger partial charge in [0.25, 0.3) is 0 Å². The highest BCUT2D eigenvalue weighted by Crippen LogP contribution is 2.31. The number of aromatic nitrogens is 2. The maximum Gasteiger partial charge on any atom is 0.143 e. The van der Waals surface area contributed by atoms with Crippen molar-refractivity contribution < 1.29 is 4.74 Å². The topological polar surface area (TPSA) is 53.1 Å². The van der Waals surface area contributed by atoms with Crippen molar-refractivity contribution in [1.29, 1.82) is 0 Å². The van der Waals surface area contributed by atoms with Crippen LogP contribution in [0.4, 0.5) is 5.69 Å². The average Bonchev–Trinajstić information content (AvgIpc) is 2.84. The van der Waals surface area contributed by atoms with Crippen LogP contribution in [0.3, 0.4) is 0 Å². The molecule has 0 fully saturated rings. The Hall–Kier alpha value is -2.20. The van der Waals surface area contributed by atoms with Crippen molar-refractivity contribution in [3.8, 4) is 11.4 Å². The highest BCUT2D eigenvalue weighted by molar-refractivity contribution is 6.30. The van der Waals surface area contributed by atoms with Crippen LogP contribution in [-0.2, 0) is 6.42 Å². The molecule has 0 aliphatic carbocycles. The van der Waals surface area contributed by atoms with Gasteiger partial charge in [0, 0.05) is 17.1 Å². The van der Waals surface area contributed by atoms with Gasteiger partial charge in [-0.3, -0.25) is 4.57 Å².